The molecule has 2 aromatic rings. The van der Waals surface area contributed by atoms with Crippen molar-refractivity contribution >= 4 is 23.9 Å². The molecule has 0 spiro atoms. The van der Waals surface area contributed by atoms with Gasteiger partial charge >= 0.3 is 6.18 Å². The maximum Gasteiger partial charge on any atom is 0.389 e. The minimum absolute atomic E-state index is 0.0203. The Morgan fingerprint density at radius 3 is 2.49 bits per heavy atom. The highest BCUT2D eigenvalue weighted by Crippen LogP contribution is 2.34. The summed E-state index contributed by atoms with van der Waals surface area (Å²) < 4.78 is 39.4. The Morgan fingerprint density at radius 2 is 1.84 bits per heavy atom. The van der Waals surface area contributed by atoms with Crippen LogP contribution in [0.2, 0.25) is 0 Å². The van der Waals surface area contributed by atoms with Crippen molar-refractivity contribution < 1.29 is 27.6 Å². The van der Waals surface area contributed by atoms with Gasteiger partial charge in [-0.05, 0) is 44.4 Å². The van der Waals surface area contributed by atoms with Crippen LogP contribution < -0.4 is 5.32 Å². The molecular weight excluding hydrogens is 587 g/mol. The number of likely N-dealkylation sites (N-methyl/N-ethyl adjacent to an activating group) is 1. The molecule has 0 saturated carbocycles. The van der Waals surface area contributed by atoms with Crippen molar-refractivity contribution in [2.45, 2.75) is 70.1 Å². The highest BCUT2D eigenvalue weighted by molar-refractivity contribution is 5.97. The zero-order valence-corrected chi connectivity index (χ0v) is 25.9. The monoisotopic (exact) mass is 627 g/mol. The molecule has 0 radical (unpaired) electrons. The average molecular weight is 628 g/mol. The zero-order chi connectivity index (χ0) is 32.3. The minimum atomic E-state index is -4.34. The maximum absolute atomic E-state index is 13.4. The third-order valence-electron chi connectivity index (χ3n) is 8.81. The van der Waals surface area contributed by atoms with Crippen molar-refractivity contribution in [1.82, 2.24) is 34.8 Å². The number of amides is 3. The predicted octanol–water partition coefficient (Wildman–Crippen LogP) is 3.61. The Kier molecular flexibility index (Phi) is 9.76. The topological polar surface area (TPSA) is 104 Å². The van der Waals surface area contributed by atoms with E-state index in [-0.39, 0.29) is 30.3 Å². The summed E-state index contributed by atoms with van der Waals surface area (Å²) in [6.07, 6.45) is 1.61. The van der Waals surface area contributed by atoms with E-state index in [0.29, 0.717) is 50.4 Å². The number of nitrogens with zero attached hydrogens (tertiary/aromatic N) is 6. The number of rotatable bonds is 8. The van der Waals surface area contributed by atoms with Crippen molar-refractivity contribution in [1.29, 1.82) is 0 Å². The first kappa shape index (κ1) is 32.4. The zero-order valence-electron chi connectivity index (χ0n) is 25.9. The Bertz CT molecular complexity index is 1470. The molecule has 13 heteroatoms. The molecule has 1 N–H and O–H groups in total. The van der Waals surface area contributed by atoms with E-state index in [1.165, 1.54) is 4.90 Å². The van der Waals surface area contributed by atoms with E-state index >= 15 is 0 Å². The average Bonchev–Trinajstić information content (AvgIpc) is 3.45. The van der Waals surface area contributed by atoms with E-state index in [1.54, 1.807) is 28.8 Å². The molecule has 0 aliphatic carbocycles. The second-order valence-electron chi connectivity index (χ2n) is 12.1. The molecule has 1 aromatic heterocycles. The molecule has 10 nitrogen and oxygen atoms in total. The highest BCUT2D eigenvalue weighted by Gasteiger charge is 2.36. The molecular formula is C32H40F3N7O3. The standard InChI is InChI=1S/C32H40F3N7O3/c1-21(2)40-17-18-41(26(20-40)30(44)36-3)31(45)24-8-6-22(7-9-24)19-27-37-29-25(5-4-14-42(29)38-27)23-11-15-39(16-12-23)28(43)10-13-32(33,34)35/h4,6-9,11,14,21,25-26H,5,10,12-13,15-20H2,1-3H3,(H,36,44). The summed E-state index contributed by atoms with van der Waals surface area (Å²) in [6.45, 7) is 6.49. The fourth-order valence-electron chi connectivity index (χ4n) is 6.18. The molecule has 3 aliphatic heterocycles. The lowest BCUT2D eigenvalue weighted by atomic mass is 9.89. The number of nitrogens with one attached hydrogen (secondary N) is 1. The number of hydrogen-bond donors (Lipinski definition) is 1. The molecule has 0 bridgehead atoms. The lowest BCUT2D eigenvalue weighted by Crippen LogP contribution is -2.61. The van der Waals surface area contributed by atoms with E-state index in [2.05, 4.69) is 29.2 Å². The van der Waals surface area contributed by atoms with Crippen molar-refractivity contribution in [2.75, 3.05) is 39.8 Å². The second-order valence-corrected chi connectivity index (χ2v) is 12.1. The fraction of sp³-hybridized carbons (Fsp3) is 0.531. The van der Waals surface area contributed by atoms with Crippen LogP contribution in [0.1, 0.15) is 73.0 Å². The molecule has 5 rings (SSSR count). The summed E-state index contributed by atoms with van der Waals surface area (Å²) in [5.41, 5.74) is 2.56. The van der Waals surface area contributed by atoms with Gasteiger partial charge in [-0.25, -0.2) is 9.67 Å². The second kappa shape index (κ2) is 13.6. The molecule has 2 unspecified atom stereocenters. The molecule has 242 valence electrons. The molecule has 45 heavy (non-hydrogen) atoms. The summed E-state index contributed by atoms with van der Waals surface area (Å²) in [4.78, 5) is 48.5. The van der Waals surface area contributed by atoms with E-state index in [0.717, 1.165) is 23.4 Å². The number of halogens is 3. The van der Waals surface area contributed by atoms with E-state index < -0.39 is 31.0 Å². The van der Waals surface area contributed by atoms with Crippen LogP contribution in [-0.4, -0.2) is 105 Å². The first-order chi connectivity index (χ1) is 21.4. The normalized spacial score (nSPS) is 20.6. The van der Waals surface area contributed by atoms with Crippen molar-refractivity contribution in [2.24, 2.45) is 0 Å². The number of allylic oxidation sites excluding steroid dienone is 1. The highest BCUT2D eigenvalue weighted by atomic mass is 19.4. The largest absolute Gasteiger partial charge is 0.389 e. The van der Waals surface area contributed by atoms with Gasteiger partial charge in [-0.1, -0.05) is 29.9 Å². The molecule has 3 aliphatic rings. The van der Waals surface area contributed by atoms with Crippen LogP contribution in [0.5, 0.6) is 0 Å². The molecule has 1 fully saturated rings. The van der Waals surface area contributed by atoms with Gasteiger partial charge in [0, 0.05) is 76.3 Å². The predicted molar refractivity (Wildman–Crippen MR) is 162 cm³/mol. The number of benzene rings is 1. The van der Waals surface area contributed by atoms with Gasteiger partial charge in [0.05, 0.1) is 6.42 Å². The van der Waals surface area contributed by atoms with Crippen LogP contribution in [0, 0.1) is 0 Å². The van der Waals surface area contributed by atoms with Crippen LogP contribution in [-0.2, 0) is 16.0 Å². The minimum Gasteiger partial charge on any atom is -0.357 e. The van der Waals surface area contributed by atoms with Crippen molar-refractivity contribution in [3.05, 3.63) is 64.8 Å². The molecule has 1 aromatic carbocycles. The molecule has 2 atom stereocenters. The maximum atomic E-state index is 13.4. The van der Waals surface area contributed by atoms with E-state index in [1.807, 2.05) is 30.5 Å². The SMILES string of the molecule is CNC(=O)C1CN(C(C)C)CCN1C(=O)c1ccc(Cc2nc3n(n2)C=CCC3C2=CCN(C(=O)CCC(F)(F)F)CC2)cc1. The van der Waals surface area contributed by atoms with Gasteiger partial charge in [-0.3, -0.25) is 19.3 Å². The fourth-order valence-corrected chi connectivity index (χ4v) is 6.18. The summed E-state index contributed by atoms with van der Waals surface area (Å²) in [6, 6.07) is 7.04. The summed E-state index contributed by atoms with van der Waals surface area (Å²) >= 11 is 0. The smallest absolute Gasteiger partial charge is 0.357 e. The lowest BCUT2D eigenvalue weighted by molar-refractivity contribution is -0.148. The Hall–Kier alpha value is -4.00. The van der Waals surface area contributed by atoms with Gasteiger partial charge in [-0.15, -0.1) is 0 Å². The Morgan fingerprint density at radius 1 is 1.09 bits per heavy atom. The number of carbonyl (C=O) groups excluding carboxylic acids is 3. The summed E-state index contributed by atoms with van der Waals surface area (Å²) in [5, 5.41) is 7.36. The van der Waals surface area contributed by atoms with Crippen LogP contribution >= 0.6 is 0 Å². The third kappa shape index (κ3) is 7.63. The number of carbonyl (C=O) groups is 3. The quantitative estimate of drug-likeness (QED) is 0.449. The Balaban J connectivity index is 1.22. The Labute approximate surface area is 260 Å². The third-order valence-corrected chi connectivity index (χ3v) is 8.81. The van der Waals surface area contributed by atoms with Crippen LogP contribution in [0.15, 0.2) is 42.0 Å². The first-order valence-electron chi connectivity index (χ1n) is 15.4. The van der Waals surface area contributed by atoms with Gasteiger partial charge in [0.2, 0.25) is 11.8 Å². The number of alkyl halides is 3. The lowest BCUT2D eigenvalue weighted by Gasteiger charge is -2.42. The van der Waals surface area contributed by atoms with Crippen LogP contribution in [0.3, 0.4) is 0 Å². The number of piperazine rings is 1. The first-order valence-corrected chi connectivity index (χ1v) is 15.4. The van der Waals surface area contributed by atoms with Crippen molar-refractivity contribution in [3.63, 3.8) is 0 Å². The molecule has 3 amide bonds. The number of fused-ring (bicyclic) bond motifs is 1. The summed E-state index contributed by atoms with van der Waals surface area (Å²) in [5.74, 6) is 0.567. The molecule has 4 heterocycles. The van der Waals surface area contributed by atoms with Gasteiger partial charge in [-0.2, -0.15) is 18.3 Å². The number of hydrogen-bond acceptors (Lipinski definition) is 6. The summed E-state index contributed by atoms with van der Waals surface area (Å²) in [7, 11) is 1.59. The van der Waals surface area contributed by atoms with E-state index in [4.69, 9.17) is 4.98 Å². The number of aromatic nitrogens is 3. The van der Waals surface area contributed by atoms with Crippen molar-refractivity contribution in [3.8, 4) is 0 Å². The van der Waals surface area contributed by atoms with Crippen LogP contribution in [0.4, 0.5) is 13.2 Å². The van der Waals surface area contributed by atoms with Gasteiger partial charge in [0.1, 0.15) is 11.9 Å². The molecule has 1 saturated heterocycles. The van der Waals surface area contributed by atoms with E-state index in [9.17, 15) is 27.6 Å². The van der Waals surface area contributed by atoms with Crippen LogP contribution in [0.25, 0.3) is 6.20 Å². The van der Waals surface area contributed by atoms with Gasteiger partial charge < -0.3 is 15.1 Å². The van der Waals surface area contributed by atoms with Gasteiger partial charge in [0.25, 0.3) is 5.91 Å². The van der Waals surface area contributed by atoms with Gasteiger partial charge in [0.15, 0.2) is 5.82 Å².